The van der Waals surface area contributed by atoms with Crippen molar-refractivity contribution in [3.8, 4) is 0 Å². The third kappa shape index (κ3) is 3.11. The summed E-state index contributed by atoms with van der Waals surface area (Å²) in [5, 5.41) is 7.39. The lowest BCUT2D eigenvalue weighted by Gasteiger charge is -2.25. The maximum atomic E-state index is 12.0. The van der Waals surface area contributed by atoms with Crippen LogP contribution in [0.25, 0.3) is 0 Å². The molecule has 1 amide bonds. The Hall–Kier alpha value is -1.56. The number of hydrogen-bond donors (Lipinski definition) is 1. The minimum absolute atomic E-state index is 0.132. The molecular formula is C16H20BrN3O2. The summed E-state index contributed by atoms with van der Waals surface area (Å²) < 4.78 is 8.53. The standard InChI is InChI=1S/C16H20BrN3O2/c1-10-15(17)11(2)20(19-10)9-13-6-7-14(22-13)16(21)18-8-12-4-3-5-12/h6-7,12H,3-5,8-9H2,1-2H3,(H,18,21). The molecule has 0 atom stereocenters. The molecule has 6 heteroatoms. The van der Waals surface area contributed by atoms with Crippen LogP contribution in [-0.2, 0) is 6.54 Å². The van der Waals surface area contributed by atoms with Gasteiger partial charge in [0.15, 0.2) is 5.76 Å². The highest BCUT2D eigenvalue weighted by Crippen LogP contribution is 2.25. The lowest BCUT2D eigenvalue weighted by molar-refractivity contribution is 0.0909. The lowest BCUT2D eigenvalue weighted by atomic mass is 9.85. The van der Waals surface area contributed by atoms with E-state index in [0.717, 1.165) is 28.2 Å². The summed E-state index contributed by atoms with van der Waals surface area (Å²) in [5.41, 5.74) is 1.99. The molecule has 0 aliphatic heterocycles. The smallest absolute Gasteiger partial charge is 0.287 e. The number of rotatable bonds is 5. The van der Waals surface area contributed by atoms with E-state index >= 15 is 0 Å². The van der Waals surface area contributed by atoms with Crippen LogP contribution in [0.2, 0.25) is 0 Å². The van der Waals surface area contributed by atoms with E-state index in [1.807, 2.05) is 24.6 Å². The van der Waals surface area contributed by atoms with Gasteiger partial charge < -0.3 is 9.73 Å². The minimum atomic E-state index is -0.132. The second kappa shape index (κ2) is 6.28. The van der Waals surface area contributed by atoms with Crippen LogP contribution in [0.1, 0.15) is 47.0 Å². The van der Waals surface area contributed by atoms with Gasteiger partial charge in [-0.05, 0) is 60.7 Å². The van der Waals surface area contributed by atoms with Gasteiger partial charge in [-0.3, -0.25) is 9.48 Å². The van der Waals surface area contributed by atoms with Gasteiger partial charge >= 0.3 is 0 Å². The first-order valence-electron chi connectivity index (χ1n) is 7.61. The van der Waals surface area contributed by atoms with Crippen LogP contribution in [-0.4, -0.2) is 22.2 Å². The van der Waals surface area contributed by atoms with Gasteiger partial charge in [0.25, 0.3) is 5.91 Å². The SMILES string of the molecule is Cc1nn(Cc2ccc(C(=O)NCC3CCC3)o2)c(C)c1Br. The molecule has 1 N–H and O–H groups in total. The maximum absolute atomic E-state index is 12.0. The number of furan rings is 1. The van der Waals surface area contributed by atoms with Crippen molar-refractivity contribution in [3.05, 3.63) is 39.5 Å². The van der Waals surface area contributed by atoms with Crippen molar-refractivity contribution in [2.75, 3.05) is 6.54 Å². The molecule has 1 saturated carbocycles. The summed E-state index contributed by atoms with van der Waals surface area (Å²) in [7, 11) is 0. The molecule has 118 valence electrons. The summed E-state index contributed by atoms with van der Waals surface area (Å²) in [6, 6.07) is 3.56. The summed E-state index contributed by atoms with van der Waals surface area (Å²) >= 11 is 3.51. The van der Waals surface area contributed by atoms with E-state index in [-0.39, 0.29) is 5.91 Å². The predicted molar refractivity (Wildman–Crippen MR) is 86.9 cm³/mol. The highest BCUT2D eigenvalue weighted by atomic mass is 79.9. The molecule has 0 saturated heterocycles. The van der Waals surface area contributed by atoms with Gasteiger partial charge in [-0.15, -0.1) is 0 Å². The number of hydrogen-bond acceptors (Lipinski definition) is 3. The highest BCUT2D eigenvalue weighted by Gasteiger charge is 2.19. The normalized spacial score (nSPS) is 14.9. The summed E-state index contributed by atoms with van der Waals surface area (Å²) in [6.45, 7) is 5.22. The van der Waals surface area contributed by atoms with Gasteiger partial charge in [0.05, 0.1) is 22.4 Å². The van der Waals surface area contributed by atoms with Crippen molar-refractivity contribution in [3.63, 3.8) is 0 Å². The Morgan fingerprint density at radius 3 is 2.82 bits per heavy atom. The maximum Gasteiger partial charge on any atom is 0.287 e. The Labute approximate surface area is 138 Å². The lowest BCUT2D eigenvalue weighted by Crippen LogP contribution is -2.31. The van der Waals surface area contributed by atoms with E-state index in [1.54, 1.807) is 6.07 Å². The zero-order valence-electron chi connectivity index (χ0n) is 12.9. The second-order valence-electron chi connectivity index (χ2n) is 5.92. The van der Waals surface area contributed by atoms with Crippen LogP contribution in [0.5, 0.6) is 0 Å². The quantitative estimate of drug-likeness (QED) is 0.882. The van der Waals surface area contributed by atoms with E-state index in [1.165, 1.54) is 19.3 Å². The number of aryl methyl sites for hydroxylation is 1. The van der Waals surface area contributed by atoms with Gasteiger partial charge in [-0.25, -0.2) is 0 Å². The minimum Gasteiger partial charge on any atom is -0.454 e. The van der Waals surface area contributed by atoms with Gasteiger partial charge in [-0.2, -0.15) is 5.10 Å². The monoisotopic (exact) mass is 365 g/mol. The van der Waals surface area contributed by atoms with Crippen molar-refractivity contribution < 1.29 is 9.21 Å². The molecule has 1 aliphatic rings. The first-order valence-corrected chi connectivity index (χ1v) is 8.40. The van der Waals surface area contributed by atoms with Gasteiger partial charge in [0.1, 0.15) is 5.76 Å². The molecule has 22 heavy (non-hydrogen) atoms. The molecule has 0 bridgehead atoms. The fourth-order valence-electron chi connectivity index (χ4n) is 2.58. The number of carbonyl (C=O) groups excluding carboxylic acids is 1. The molecule has 2 heterocycles. The third-order valence-corrected chi connectivity index (χ3v) is 5.41. The van der Waals surface area contributed by atoms with Gasteiger partial charge in [-0.1, -0.05) is 6.42 Å². The highest BCUT2D eigenvalue weighted by molar-refractivity contribution is 9.10. The number of nitrogens with zero attached hydrogens (tertiary/aromatic N) is 2. The molecule has 0 aromatic carbocycles. The Morgan fingerprint density at radius 2 is 2.23 bits per heavy atom. The molecule has 0 unspecified atom stereocenters. The molecule has 2 aromatic rings. The van der Waals surface area contributed by atoms with Crippen molar-refractivity contribution >= 4 is 21.8 Å². The largest absolute Gasteiger partial charge is 0.454 e. The number of nitrogens with one attached hydrogen (secondary N) is 1. The number of amides is 1. The summed E-state index contributed by atoms with van der Waals surface area (Å²) in [4.78, 5) is 12.0. The second-order valence-corrected chi connectivity index (χ2v) is 6.71. The zero-order valence-corrected chi connectivity index (χ0v) is 14.4. The van der Waals surface area contributed by atoms with Crippen LogP contribution in [0.3, 0.4) is 0 Å². The number of carbonyl (C=O) groups is 1. The van der Waals surface area contributed by atoms with Crippen molar-refractivity contribution in [1.82, 2.24) is 15.1 Å². The molecule has 0 spiro atoms. The fourth-order valence-corrected chi connectivity index (χ4v) is 2.87. The van der Waals surface area contributed by atoms with E-state index in [9.17, 15) is 4.79 Å². The predicted octanol–water partition coefficient (Wildman–Crippen LogP) is 3.43. The Morgan fingerprint density at radius 1 is 1.45 bits per heavy atom. The van der Waals surface area contributed by atoms with Gasteiger partial charge in [0, 0.05) is 6.54 Å². The Kier molecular flexibility index (Phi) is 4.38. The topological polar surface area (TPSA) is 60.1 Å². The zero-order chi connectivity index (χ0) is 15.7. The van der Waals surface area contributed by atoms with Gasteiger partial charge in [0.2, 0.25) is 0 Å². The molecule has 2 aromatic heterocycles. The average molecular weight is 366 g/mol. The van der Waals surface area contributed by atoms with Crippen LogP contribution in [0.15, 0.2) is 21.0 Å². The van der Waals surface area contributed by atoms with E-state index in [4.69, 9.17) is 4.42 Å². The van der Waals surface area contributed by atoms with E-state index < -0.39 is 0 Å². The van der Waals surface area contributed by atoms with Crippen molar-refractivity contribution in [1.29, 1.82) is 0 Å². The molecule has 0 radical (unpaired) electrons. The fraction of sp³-hybridized carbons (Fsp3) is 0.500. The van der Waals surface area contributed by atoms with Crippen LogP contribution in [0.4, 0.5) is 0 Å². The molecule has 1 fully saturated rings. The molecule has 1 aliphatic carbocycles. The van der Waals surface area contributed by atoms with Crippen molar-refractivity contribution in [2.45, 2.75) is 39.7 Å². The number of aromatic nitrogens is 2. The van der Waals surface area contributed by atoms with E-state index in [0.29, 0.717) is 18.2 Å². The van der Waals surface area contributed by atoms with Crippen molar-refractivity contribution in [2.24, 2.45) is 5.92 Å². The third-order valence-electron chi connectivity index (χ3n) is 4.26. The summed E-state index contributed by atoms with van der Waals surface area (Å²) in [5.74, 6) is 1.61. The summed E-state index contributed by atoms with van der Waals surface area (Å²) in [6.07, 6.45) is 3.72. The first-order chi connectivity index (χ1) is 10.5. The van der Waals surface area contributed by atoms with E-state index in [2.05, 4.69) is 26.3 Å². The van der Waals surface area contributed by atoms with Crippen LogP contribution >= 0.6 is 15.9 Å². The molecule has 5 nitrogen and oxygen atoms in total. The molecule has 3 rings (SSSR count). The average Bonchev–Trinajstić information content (AvgIpc) is 2.99. The Balaban J connectivity index is 1.62. The van der Waals surface area contributed by atoms with Crippen LogP contribution in [0, 0.1) is 19.8 Å². The van der Waals surface area contributed by atoms with Crippen LogP contribution < -0.4 is 5.32 Å². The molecular weight excluding hydrogens is 346 g/mol. The Bertz CT molecular complexity index is 686. The first kappa shape index (κ1) is 15.3. The number of halogens is 1.